The molecule has 0 saturated carbocycles. The van der Waals surface area contributed by atoms with Crippen LogP contribution < -0.4 is 5.32 Å². The Labute approximate surface area is 124 Å². The average Bonchev–Trinajstić information content (AvgIpc) is 2.45. The summed E-state index contributed by atoms with van der Waals surface area (Å²) >= 11 is 0. The van der Waals surface area contributed by atoms with Crippen molar-refractivity contribution in [3.05, 3.63) is 0 Å². The van der Waals surface area contributed by atoms with Crippen molar-refractivity contribution in [3.8, 4) is 0 Å². The molecule has 0 aromatic rings. The van der Waals surface area contributed by atoms with Crippen molar-refractivity contribution < 1.29 is 14.4 Å². The molecule has 7 nitrogen and oxygen atoms in total. The minimum atomic E-state index is -0.559. The van der Waals surface area contributed by atoms with Gasteiger partial charge in [0.15, 0.2) is 0 Å². The summed E-state index contributed by atoms with van der Waals surface area (Å²) in [6, 6.07) is 0. The first kappa shape index (κ1) is 16.7. The van der Waals surface area contributed by atoms with Gasteiger partial charge < -0.3 is 20.0 Å². The maximum absolute atomic E-state index is 12.0. The molecule has 0 bridgehead atoms. The van der Waals surface area contributed by atoms with Crippen LogP contribution in [0.4, 0.5) is 0 Å². The fraction of sp³-hybridized carbons (Fsp3) is 0.750. The van der Waals surface area contributed by atoms with Gasteiger partial charge in [0.25, 0.3) is 0 Å². The molecule has 2 fully saturated rings. The molecule has 2 rings (SSSR count). The zero-order valence-corrected chi connectivity index (χ0v) is 12.4. The lowest BCUT2D eigenvalue weighted by Crippen LogP contribution is -2.57. The SMILES string of the molecule is CCN1CCN(CC(=O)N2CCNCC2)C(=O)C1=O.Cl. The average molecular weight is 305 g/mol. The molecule has 0 aromatic heterocycles. The van der Waals surface area contributed by atoms with Crippen LogP contribution in [0, 0.1) is 0 Å². The van der Waals surface area contributed by atoms with Crippen LogP contribution >= 0.6 is 12.4 Å². The van der Waals surface area contributed by atoms with E-state index in [1.165, 1.54) is 9.80 Å². The van der Waals surface area contributed by atoms with Gasteiger partial charge in [-0.15, -0.1) is 12.4 Å². The molecular formula is C12H21ClN4O3. The Morgan fingerprint density at radius 2 is 1.60 bits per heavy atom. The predicted molar refractivity (Wildman–Crippen MR) is 75.5 cm³/mol. The Morgan fingerprint density at radius 3 is 2.20 bits per heavy atom. The van der Waals surface area contributed by atoms with E-state index in [4.69, 9.17) is 0 Å². The van der Waals surface area contributed by atoms with E-state index in [1.807, 2.05) is 6.92 Å². The predicted octanol–water partition coefficient (Wildman–Crippen LogP) is -1.47. The van der Waals surface area contributed by atoms with Crippen molar-refractivity contribution in [1.29, 1.82) is 0 Å². The summed E-state index contributed by atoms with van der Waals surface area (Å²) in [5.74, 6) is -1.13. The van der Waals surface area contributed by atoms with Crippen LogP contribution in [0.2, 0.25) is 0 Å². The maximum Gasteiger partial charge on any atom is 0.312 e. The zero-order valence-electron chi connectivity index (χ0n) is 11.6. The monoisotopic (exact) mass is 304 g/mol. The summed E-state index contributed by atoms with van der Waals surface area (Å²) in [7, 11) is 0. The van der Waals surface area contributed by atoms with Gasteiger partial charge in [0, 0.05) is 45.8 Å². The Kier molecular flexibility index (Phi) is 6.22. The van der Waals surface area contributed by atoms with Gasteiger partial charge in [0.05, 0.1) is 0 Å². The van der Waals surface area contributed by atoms with E-state index in [-0.39, 0.29) is 24.9 Å². The molecule has 2 aliphatic rings. The highest BCUT2D eigenvalue weighted by molar-refractivity contribution is 6.35. The number of carbonyl (C=O) groups is 3. The summed E-state index contributed by atoms with van der Waals surface area (Å²) in [5, 5.41) is 3.17. The molecule has 0 radical (unpaired) electrons. The Balaban J connectivity index is 0.00000200. The molecule has 0 spiro atoms. The molecule has 0 atom stereocenters. The number of nitrogens with zero attached hydrogens (tertiary/aromatic N) is 3. The highest BCUT2D eigenvalue weighted by atomic mass is 35.5. The van der Waals surface area contributed by atoms with Crippen LogP contribution in [0.15, 0.2) is 0 Å². The van der Waals surface area contributed by atoms with E-state index in [0.717, 1.165) is 13.1 Å². The lowest BCUT2D eigenvalue weighted by Gasteiger charge is -2.34. The molecule has 0 aromatic carbocycles. The number of likely N-dealkylation sites (N-methyl/N-ethyl adjacent to an activating group) is 1. The Hall–Kier alpha value is -1.34. The summed E-state index contributed by atoms with van der Waals surface area (Å²) in [6.07, 6.45) is 0. The summed E-state index contributed by atoms with van der Waals surface area (Å²) < 4.78 is 0. The normalized spacial score (nSPS) is 19.9. The van der Waals surface area contributed by atoms with Crippen molar-refractivity contribution in [1.82, 2.24) is 20.0 Å². The summed E-state index contributed by atoms with van der Waals surface area (Å²) in [4.78, 5) is 40.2. The van der Waals surface area contributed by atoms with Gasteiger partial charge in [0.1, 0.15) is 6.54 Å². The molecule has 114 valence electrons. The summed E-state index contributed by atoms with van der Waals surface area (Å²) in [6.45, 7) is 6.22. The van der Waals surface area contributed by atoms with Crippen LogP contribution in [0.25, 0.3) is 0 Å². The number of nitrogens with one attached hydrogen (secondary N) is 1. The fourth-order valence-electron chi connectivity index (χ4n) is 2.35. The second kappa shape index (κ2) is 7.44. The van der Waals surface area contributed by atoms with Crippen molar-refractivity contribution in [2.24, 2.45) is 0 Å². The van der Waals surface area contributed by atoms with Gasteiger partial charge in [-0.05, 0) is 6.92 Å². The first-order valence-electron chi connectivity index (χ1n) is 6.70. The molecule has 1 N–H and O–H groups in total. The molecule has 2 saturated heterocycles. The molecule has 2 heterocycles. The molecule has 0 unspecified atom stereocenters. The lowest BCUT2D eigenvalue weighted by molar-refractivity contribution is -0.157. The number of hydrogen-bond donors (Lipinski definition) is 1. The third kappa shape index (κ3) is 3.61. The maximum atomic E-state index is 12.0. The van der Waals surface area contributed by atoms with E-state index in [0.29, 0.717) is 32.7 Å². The quantitative estimate of drug-likeness (QED) is 0.646. The van der Waals surface area contributed by atoms with E-state index >= 15 is 0 Å². The highest BCUT2D eigenvalue weighted by Gasteiger charge is 2.33. The minimum Gasteiger partial charge on any atom is -0.339 e. The standard InChI is InChI=1S/C12H20N4O3.ClH/c1-2-14-7-8-16(12(19)11(14)18)9-10(17)15-5-3-13-4-6-15;/h13H,2-9H2,1H3;1H. The van der Waals surface area contributed by atoms with Gasteiger partial charge in [-0.1, -0.05) is 0 Å². The fourth-order valence-corrected chi connectivity index (χ4v) is 2.35. The van der Waals surface area contributed by atoms with Crippen molar-refractivity contribution in [3.63, 3.8) is 0 Å². The first-order chi connectivity index (χ1) is 9.13. The van der Waals surface area contributed by atoms with Gasteiger partial charge in [0.2, 0.25) is 5.91 Å². The van der Waals surface area contributed by atoms with Crippen molar-refractivity contribution in [2.75, 3.05) is 52.4 Å². The number of halogens is 1. The van der Waals surface area contributed by atoms with Crippen molar-refractivity contribution in [2.45, 2.75) is 6.92 Å². The van der Waals surface area contributed by atoms with Crippen LogP contribution in [-0.2, 0) is 14.4 Å². The Bertz CT molecular complexity index is 385. The smallest absolute Gasteiger partial charge is 0.312 e. The van der Waals surface area contributed by atoms with Crippen LogP contribution in [0.5, 0.6) is 0 Å². The second-order valence-corrected chi connectivity index (χ2v) is 4.74. The van der Waals surface area contributed by atoms with E-state index in [2.05, 4.69) is 5.32 Å². The number of amides is 3. The van der Waals surface area contributed by atoms with Gasteiger partial charge in [-0.3, -0.25) is 14.4 Å². The molecule has 3 amide bonds. The zero-order chi connectivity index (χ0) is 13.8. The minimum absolute atomic E-state index is 0. The third-order valence-electron chi connectivity index (χ3n) is 3.57. The van der Waals surface area contributed by atoms with Crippen molar-refractivity contribution >= 4 is 30.1 Å². The number of hydrogen-bond acceptors (Lipinski definition) is 4. The number of piperazine rings is 2. The lowest BCUT2D eigenvalue weighted by atomic mass is 10.2. The molecule has 0 aliphatic carbocycles. The van der Waals surface area contributed by atoms with Gasteiger partial charge in [-0.25, -0.2) is 0 Å². The number of carbonyl (C=O) groups excluding carboxylic acids is 3. The van der Waals surface area contributed by atoms with Gasteiger partial charge >= 0.3 is 11.8 Å². The molecular weight excluding hydrogens is 284 g/mol. The van der Waals surface area contributed by atoms with E-state index in [9.17, 15) is 14.4 Å². The first-order valence-corrected chi connectivity index (χ1v) is 6.70. The molecule has 20 heavy (non-hydrogen) atoms. The molecule has 2 aliphatic heterocycles. The van der Waals surface area contributed by atoms with E-state index < -0.39 is 11.8 Å². The van der Waals surface area contributed by atoms with Gasteiger partial charge in [-0.2, -0.15) is 0 Å². The largest absolute Gasteiger partial charge is 0.339 e. The third-order valence-corrected chi connectivity index (χ3v) is 3.57. The molecule has 8 heteroatoms. The second-order valence-electron chi connectivity index (χ2n) is 4.74. The Morgan fingerprint density at radius 1 is 1.05 bits per heavy atom. The highest BCUT2D eigenvalue weighted by Crippen LogP contribution is 2.06. The summed E-state index contributed by atoms with van der Waals surface area (Å²) in [5.41, 5.74) is 0. The van der Waals surface area contributed by atoms with Crippen LogP contribution in [0.1, 0.15) is 6.92 Å². The van der Waals surface area contributed by atoms with Crippen LogP contribution in [0.3, 0.4) is 0 Å². The van der Waals surface area contributed by atoms with E-state index in [1.54, 1.807) is 4.90 Å². The topological polar surface area (TPSA) is 73.0 Å². The van der Waals surface area contributed by atoms with Crippen LogP contribution in [-0.4, -0.2) is 84.8 Å². The number of rotatable bonds is 3.